The van der Waals surface area contributed by atoms with Gasteiger partial charge in [0.05, 0.1) is 0 Å². The van der Waals surface area contributed by atoms with Crippen molar-refractivity contribution in [2.24, 2.45) is 0 Å². The number of Topliss-reactive ketones (excluding diaryl/α,β-unsaturated/α-hetero) is 1. The molecule has 0 unspecified atom stereocenters. The van der Waals surface area contributed by atoms with Crippen LogP contribution in [0.2, 0.25) is 0 Å². The molecule has 1 aliphatic rings. The van der Waals surface area contributed by atoms with E-state index in [4.69, 9.17) is 0 Å². The standard InChI is InChI=1S/C21H19Br2NO/c1-2-24-13-17(9-15-5-3-7-19(22)11-15)21(25)18(14-24)10-16-6-4-8-20(23)12-16/h3-12H,2,13-14H2,1H3/b17-9-,18-10+. The van der Waals surface area contributed by atoms with E-state index in [9.17, 15) is 4.79 Å². The van der Waals surface area contributed by atoms with E-state index in [1.54, 1.807) is 0 Å². The molecular formula is C21H19Br2NO. The van der Waals surface area contributed by atoms with E-state index < -0.39 is 0 Å². The number of hydrogen-bond acceptors (Lipinski definition) is 2. The van der Waals surface area contributed by atoms with E-state index in [1.165, 1.54) is 0 Å². The van der Waals surface area contributed by atoms with Gasteiger partial charge < -0.3 is 0 Å². The number of halogens is 2. The van der Waals surface area contributed by atoms with Crippen molar-refractivity contribution in [1.29, 1.82) is 0 Å². The molecule has 128 valence electrons. The number of rotatable bonds is 3. The molecule has 2 aromatic rings. The third-order valence-electron chi connectivity index (χ3n) is 4.20. The van der Waals surface area contributed by atoms with Crippen molar-refractivity contribution in [2.45, 2.75) is 6.92 Å². The summed E-state index contributed by atoms with van der Waals surface area (Å²) in [5.74, 6) is 0.143. The number of nitrogens with zero attached hydrogens (tertiary/aromatic N) is 1. The molecule has 0 amide bonds. The third kappa shape index (κ3) is 4.78. The van der Waals surface area contributed by atoms with Crippen molar-refractivity contribution >= 4 is 49.8 Å². The zero-order valence-corrected chi connectivity index (χ0v) is 17.2. The van der Waals surface area contributed by atoms with Gasteiger partial charge in [-0.15, -0.1) is 0 Å². The Morgan fingerprint density at radius 2 is 1.40 bits per heavy atom. The predicted octanol–water partition coefficient (Wildman–Crippen LogP) is 5.58. The molecule has 1 fully saturated rings. The molecule has 1 aliphatic heterocycles. The van der Waals surface area contributed by atoms with Gasteiger partial charge in [-0.2, -0.15) is 0 Å². The van der Waals surface area contributed by atoms with Crippen LogP contribution in [-0.2, 0) is 4.79 Å². The second kappa shape index (κ2) is 8.26. The number of ketones is 1. The van der Waals surface area contributed by atoms with Crippen LogP contribution in [0.25, 0.3) is 12.2 Å². The minimum Gasteiger partial charge on any atom is -0.295 e. The van der Waals surface area contributed by atoms with Crippen LogP contribution >= 0.6 is 31.9 Å². The largest absolute Gasteiger partial charge is 0.295 e. The summed E-state index contributed by atoms with van der Waals surface area (Å²) in [5.41, 5.74) is 3.76. The summed E-state index contributed by atoms with van der Waals surface area (Å²) in [6, 6.07) is 16.1. The van der Waals surface area contributed by atoms with Gasteiger partial charge in [-0.05, 0) is 54.1 Å². The fourth-order valence-corrected chi connectivity index (χ4v) is 3.76. The molecule has 0 N–H and O–H groups in total. The van der Waals surface area contributed by atoms with Gasteiger partial charge in [-0.1, -0.05) is 63.0 Å². The van der Waals surface area contributed by atoms with Gasteiger partial charge in [0.25, 0.3) is 0 Å². The maximum absolute atomic E-state index is 13.0. The Balaban J connectivity index is 1.96. The van der Waals surface area contributed by atoms with Crippen LogP contribution in [0.15, 0.2) is 68.6 Å². The highest BCUT2D eigenvalue weighted by molar-refractivity contribution is 9.10. The van der Waals surface area contributed by atoms with Gasteiger partial charge in [0.2, 0.25) is 0 Å². The van der Waals surface area contributed by atoms with E-state index in [0.717, 1.165) is 37.8 Å². The Hall–Kier alpha value is -1.49. The second-order valence-corrected chi connectivity index (χ2v) is 7.91. The minimum atomic E-state index is 0.143. The summed E-state index contributed by atoms with van der Waals surface area (Å²) in [4.78, 5) is 15.3. The molecule has 2 nitrogen and oxygen atoms in total. The molecule has 1 heterocycles. The second-order valence-electron chi connectivity index (χ2n) is 6.08. The highest BCUT2D eigenvalue weighted by atomic mass is 79.9. The van der Waals surface area contributed by atoms with Crippen molar-refractivity contribution in [2.75, 3.05) is 19.6 Å². The summed E-state index contributed by atoms with van der Waals surface area (Å²) in [7, 11) is 0. The topological polar surface area (TPSA) is 20.3 Å². The maximum Gasteiger partial charge on any atom is 0.187 e. The molecule has 0 saturated carbocycles. The minimum absolute atomic E-state index is 0.143. The number of likely N-dealkylation sites (tertiary alicyclic amines) is 1. The van der Waals surface area contributed by atoms with E-state index >= 15 is 0 Å². The van der Waals surface area contributed by atoms with Crippen molar-refractivity contribution in [3.05, 3.63) is 79.7 Å². The molecule has 0 spiro atoms. The van der Waals surface area contributed by atoms with Gasteiger partial charge in [-0.3, -0.25) is 9.69 Å². The van der Waals surface area contributed by atoms with E-state index in [0.29, 0.717) is 13.1 Å². The van der Waals surface area contributed by atoms with Gasteiger partial charge in [0.1, 0.15) is 0 Å². The number of carbonyl (C=O) groups excluding carboxylic acids is 1. The van der Waals surface area contributed by atoms with Crippen LogP contribution in [0.3, 0.4) is 0 Å². The SMILES string of the molecule is CCN1C/C(=C/c2cccc(Br)c2)C(=O)/C(=C/c2cccc(Br)c2)C1. The lowest BCUT2D eigenvalue weighted by molar-refractivity contribution is -0.113. The Kier molecular flexibility index (Phi) is 6.05. The first kappa shape index (κ1) is 18.3. The Labute approximate surface area is 165 Å². The Bertz CT molecular complexity index is 787. The van der Waals surface area contributed by atoms with Crippen molar-refractivity contribution < 1.29 is 4.79 Å². The van der Waals surface area contributed by atoms with Crippen LogP contribution in [-0.4, -0.2) is 30.3 Å². The molecule has 1 saturated heterocycles. The lowest BCUT2D eigenvalue weighted by Crippen LogP contribution is -2.37. The van der Waals surface area contributed by atoms with Crippen LogP contribution < -0.4 is 0 Å². The van der Waals surface area contributed by atoms with Crippen LogP contribution in [0.1, 0.15) is 18.1 Å². The lowest BCUT2D eigenvalue weighted by atomic mass is 9.94. The van der Waals surface area contributed by atoms with Gasteiger partial charge in [0.15, 0.2) is 5.78 Å². The normalized spacial score (nSPS) is 18.9. The number of benzene rings is 2. The first-order chi connectivity index (χ1) is 12.0. The smallest absolute Gasteiger partial charge is 0.187 e. The summed E-state index contributed by atoms with van der Waals surface area (Å²) >= 11 is 6.98. The zero-order chi connectivity index (χ0) is 17.8. The third-order valence-corrected chi connectivity index (χ3v) is 5.18. The fraction of sp³-hybridized carbons (Fsp3) is 0.190. The summed E-state index contributed by atoms with van der Waals surface area (Å²) in [6.45, 7) is 4.43. The zero-order valence-electron chi connectivity index (χ0n) is 14.0. The molecule has 3 rings (SSSR count). The van der Waals surface area contributed by atoms with E-state index in [-0.39, 0.29) is 5.78 Å². The van der Waals surface area contributed by atoms with Crippen LogP contribution in [0.4, 0.5) is 0 Å². The van der Waals surface area contributed by atoms with Crippen LogP contribution in [0.5, 0.6) is 0 Å². The maximum atomic E-state index is 13.0. The number of hydrogen-bond donors (Lipinski definition) is 0. The molecule has 0 aromatic heterocycles. The molecule has 25 heavy (non-hydrogen) atoms. The highest BCUT2D eigenvalue weighted by Crippen LogP contribution is 2.23. The first-order valence-electron chi connectivity index (χ1n) is 8.24. The number of carbonyl (C=O) groups is 1. The quantitative estimate of drug-likeness (QED) is 0.557. The van der Waals surface area contributed by atoms with Gasteiger partial charge in [0, 0.05) is 33.2 Å². The first-order valence-corrected chi connectivity index (χ1v) is 9.83. The van der Waals surface area contributed by atoms with Crippen LogP contribution in [0, 0.1) is 0 Å². The Morgan fingerprint density at radius 3 is 1.80 bits per heavy atom. The number of likely N-dealkylation sites (N-methyl/N-ethyl adjacent to an activating group) is 1. The fourth-order valence-electron chi connectivity index (χ4n) is 2.93. The predicted molar refractivity (Wildman–Crippen MR) is 111 cm³/mol. The molecule has 0 aliphatic carbocycles. The summed E-state index contributed by atoms with van der Waals surface area (Å²) in [5, 5.41) is 0. The lowest BCUT2D eigenvalue weighted by Gasteiger charge is -2.28. The van der Waals surface area contributed by atoms with Crippen molar-refractivity contribution in [3.8, 4) is 0 Å². The summed E-state index contributed by atoms with van der Waals surface area (Å²) < 4.78 is 2.03. The van der Waals surface area contributed by atoms with E-state index in [1.807, 2.05) is 60.7 Å². The van der Waals surface area contributed by atoms with Crippen molar-refractivity contribution in [1.82, 2.24) is 4.90 Å². The van der Waals surface area contributed by atoms with Gasteiger partial charge in [-0.25, -0.2) is 0 Å². The Morgan fingerprint density at radius 1 is 0.920 bits per heavy atom. The molecule has 2 aromatic carbocycles. The van der Waals surface area contributed by atoms with Gasteiger partial charge >= 0.3 is 0 Å². The van der Waals surface area contributed by atoms with Crippen molar-refractivity contribution in [3.63, 3.8) is 0 Å². The monoisotopic (exact) mass is 459 g/mol. The number of piperidine rings is 1. The molecular weight excluding hydrogens is 442 g/mol. The average molecular weight is 461 g/mol. The summed E-state index contributed by atoms with van der Waals surface area (Å²) in [6.07, 6.45) is 4.01. The highest BCUT2D eigenvalue weighted by Gasteiger charge is 2.25. The molecule has 0 bridgehead atoms. The molecule has 0 atom stereocenters. The van der Waals surface area contributed by atoms with E-state index in [2.05, 4.69) is 43.7 Å². The molecule has 4 heteroatoms. The molecule has 0 radical (unpaired) electrons. The average Bonchev–Trinajstić information content (AvgIpc) is 2.58.